The van der Waals surface area contributed by atoms with Crippen molar-refractivity contribution in [2.75, 3.05) is 19.7 Å². The summed E-state index contributed by atoms with van der Waals surface area (Å²) in [7, 11) is 0. The van der Waals surface area contributed by atoms with E-state index in [-0.39, 0.29) is 18.6 Å². The lowest BCUT2D eigenvalue weighted by Crippen LogP contribution is -2.38. The highest BCUT2D eigenvalue weighted by Crippen LogP contribution is 2.19. The van der Waals surface area contributed by atoms with Crippen LogP contribution >= 0.6 is 0 Å². The summed E-state index contributed by atoms with van der Waals surface area (Å²) >= 11 is 0. The summed E-state index contributed by atoms with van der Waals surface area (Å²) in [6.07, 6.45) is 4.04. The molecule has 1 aliphatic heterocycles. The first kappa shape index (κ1) is 15.8. The Balaban J connectivity index is 1.97. The van der Waals surface area contributed by atoms with Gasteiger partial charge in [-0.25, -0.2) is 0 Å². The van der Waals surface area contributed by atoms with Crippen LogP contribution in [0.3, 0.4) is 0 Å². The van der Waals surface area contributed by atoms with Gasteiger partial charge >= 0.3 is 0 Å². The van der Waals surface area contributed by atoms with E-state index in [2.05, 4.69) is 4.98 Å². The predicted octanol–water partition coefficient (Wildman–Crippen LogP) is 1.67. The minimum absolute atomic E-state index is 0.0134. The number of likely N-dealkylation sites (tertiary alicyclic amines) is 1. The quantitative estimate of drug-likeness (QED) is 0.896. The van der Waals surface area contributed by atoms with Crippen LogP contribution < -0.4 is 10.5 Å². The molecule has 1 saturated heterocycles. The van der Waals surface area contributed by atoms with Gasteiger partial charge in [-0.2, -0.15) is 0 Å². The number of nitrogens with zero attached hydrogens (tertiary/aromatic N) is 2. The predicted molar refractivity (Wildman–Crippen MR) is 82.3 cm³/mol. The van der Waals surface area contributed by atoms with E-state index in [9.17, 15) is 4.79 Å². The molecule has 1 amide bonds. The molecule has 0 aliphatic carbocycles. The molecular weight excluding hydrogens is 266 g/mol. The maximum absolute atomic E-state index is 12.1. The molecule has 2 N–H and O–H groups in total. The van der Waals surface area contributed by atoms with Gasteiger partial charge in [-0.1, -0.05) is 0 Å². The molecular formula is C16H25N3O2. The molecule has 0 radical (unpaired) electrons. The SMILES string of the molecule is Cc1ccc(OCC(=O)N2CCCCC2)c(CC(C)N)n1. The van der Waals surface area contributed by atoms with E-state index >= 15 is 0 Å². The lowest BCUT2D eigenvalue weighted by Gasteiger charge is -2.26. The molecule has 116 valence electrons. The Bertz CT molecular complexity index is 482. The second-order valence-corrected chi connectivity index (χ2v) is 5.81. The minimum Gasteiger partial charge on any atom is -0.482 e. The van der Waals surface area contributed by atoms with E-state index in [0.29, 0.717) is 12.2 Å². The van der Waals surface area contributed by atoms with Gasteiger partial charge in [0, 0.05) is 31.2 Å². The number of pyridine rings is 1. The number of carbonyl (C=O) groups is 1. The van der Waals surface area contributed by atoms with Gasteiger partial charge in [0.2, 0.25) is 0 Å². The van der Waals surface area contributed by atoms with Crippen molar-refractivity contribution in [3.8, 4) is 5.75 Å². The van der Waals surface area contributed by atoms with Crippen molar-refractivity contribution in [3.63, 3.8) is 0 Å². The first-order valence-corrected chi connectivity index (χ1v) is 7.69. The minimum atomic E-state index is 0.0134. The smallest absolute Gasteiger partial charge is 0.260 e. The van der Waals surface area contributed by atoms with E-state index in [1.54, 1.807) is 0 Å². The van der Waals surface area contributed by atoms with Crippen molar-refractivity contribution in [2.24, 2.45) is 5.73 Å². The van der Waals surface area contributed by atoms with E-state index in [4.69, 9.17) is 10.5 Å². The molecule has 0 bridgehead atoms. The summed E-state index contributed by atoms with van der Waals surface area (Å²) in [5.41, 5.74) is 7.61. The fourth-order valence-corrected chi connectivity index (χ4v) is 2.55. The van der Waals surface area contributed by atoms with Crippen LogP contribution in [0.25, 0.3) is 0 Å². The fraction of sp³-hybridized carbons (Fsp3) is 0.625. The van der Waals surface area contributed by atoms with Crippen LogP contribution in [0.5, 0.6) is 5.75 Å². The molecule has 1 aliphatic rings. The van der Waals surface area contributed by atoms with Crippen LogP contribution in [-0.4, -0.2) is 41.5 Å². The van der Waals surface area contributed by atoms with E-state index in [0.717, 1.165) is 37.3 Å². The number of piperidine rings is 1. The number of rotatable bonds is 5. The van der Waals surface area contributed by atoms with Crippen LogP contribution in [0.1, 0.15) is 37.6 Å². The van der Waals surface area contributed by atoms with E-state index in [1.807, 2.05) is 30.9 Å². The Kier molecular flexibility index (Phi) is 5.56. The number of ether oxygens (including phenoxy) is 1. The fourth-order valence-electron chi connectivity index (χ4n) is 2.55. The molecule has 2 rings (SSSR count). The normalized spacial score (nSPS) is 16.6. The molecule has 0 aromatic carbocycles. The van der Waals surface area contributed by atoms with Crippen LogP contribution in [0.4, 0.5) is 0 Å². The van der Waals surface area contributed by atoms with E-state index in [1.165, 1.54) is 6.42 Å². The molecule has 2 heterocycles. The Labute approximate surface area is 126 Å². The lowest BCUT2D eigenvalue weighted by atomic mass is 10.1. The lowest BCUT2D eigenvalue weighted by molar-refractivity contribution is -0.134. The van der Waals surface area contributed by atoms with Gasteiger partial charge in [-0.05, 0) is 45.2 Å². The molecule has 21 heavy (non-hydrogen) atoms. The van der Waals surface area contributed by atoms with Crippen LogP contribution in [0, 0.1) is 6.92 Å². The highest BCUT2D eigenvalue weighted by atomic mass is 16.5. The Morgan fingerprint density at radius 1 is 1.38 bits per heavy atom. The zero-order valence-electron chi connectivity index (χ0n) is 13.0. The maximum Gasteiger partial charge on any atom is 0.260 e. The molecule has 5 nitrogen and oxygen atoms in total. The average Bonchev–Trinajstić information content (AvgIpc) is 2.46. The maximum atomic E-state index is 12.1. The summed E-state index contributed by atoms with van der Waals surface area (Å²) in [6, 6.07) is 3.79. The Morgan fingerprint density at radius 2 is 2.10 bits per heavy atom. The molecule has 0 saturated carbocycles. The molecule has 1 aromatic rings. The highest BCUT2D eigenvalue weighted by molar-refractivity contribution is 5.77. The van der Waals surface area contributed by atoms with Gasteiger partial charge in [0.25, 0.3) is 5.91 Å². The molecule has 1 atom stereocenters. The number of hydrogen-bond acceptors (Lipinski definition) is 4. The molecule has 0 spiro atoms. The molecule has 1 unspecified atom stereocenters. The first-order chi connectivity index (χ1) is 10.1. The third-order valence-electron chi connectivity index (χ3n) is 3.65. The number of amides is 1. The van der Waals surface area contributed by atoms with Crippen molar-refractivity contribution in [3.05, 3.63) is 23.5 Å². The summed E-state index contributed by atoms with van der Waals surface area (Å²) < 4.78 is 5.70. The van der Waals surface area contributed by atoms with Crippen molar-refractivity contribution in [1.82, 2.24) is 9.88 Å². The number of nitrogens with two attached hydrogens (primary N) is 1. The standard InChI is InChI=1S/C16H25N3O2/c1-12(17)10-14-15(7-6-13(2)18-14)21-11-16(20)19-8-4-3-5-9-19/h6-7,12H,3-5,8-11,17H2,1-2H3. The first-order valence-electron chi connectivity index (χ1n) is 7.69. The number of carbonyl (C=O) groups excluding carboxylic acids is 1. The van der Waals surface area contributed by atoms with Gasteiger partial charge in [0.05, 0.1) is 5.69 Å². The van der Waals surface area contributed by atoms with Crippen LogP contribution in [0.15, 0.2) is 12.1 Å². The molecule has 1 fully saturated rings. The largest absolute Gasteiger partial charge is 0.482 e. The van der Waals surface area contributed by atoms with Crippen LogP contribution in [0.2, 0.25) is 0 Å². The van der Waals surface area contributed by atoms with Crippen LogP contribution in [-0.2, 0) is 11.2 Å². The average molecular weight is 291 g/mol. The van der Waals surface area contributed by atoms with Crippen molar-refractivity contribution < 1.29 is 9.53 Å². The number of hydrogen-bond donors (Lipinski definition) is 1. The summed E-state index contributed by atoms with van der Waals surface area (Å²) in [6.45, 7) is 5.65. The zero-order valence-corrected chi connectivity index (χ0v) is 13.0. The van der Waals surface area contributed by atoms with Crippen molar-refractivity contribution in [1.29, 1.82) is 0 Å². The topological polar surface area (TPSA) is 68.5 Å². The van der Waals surface area contributed by atoms with E-state index < -0.39 is 0 Å². The number of aryl methyl sites for hydroxylation is 1. The van der Waals surface area contributed by atoms with Crippen molar-refractivity contribution in [2.45, 2.75) is 45.6 Å². The molecule has 5 heteroatoms. The van der Waals surface area contributed by atoms with Gasteiger partial charge in [-0.15, -0.1) is 0 Å². The third-order valence-corrected chi connectivity index (χ3v) is 3.65. The van der Waals surface area contributed by atoms with Gasteiger partial charge in [-0.3, -0.25) is 9.78 Å². The van der Waals surface area contributed by atoms with Crippen molar-refractivity contribution >= 4 is 5.91 Å². The second-order valence-electron chi connectivity index (χ2n) is 5.81. The highest BCUT2D eigenvalue weighted by Gasteiger charge is 2.17. The zero-order chi connectivity index (χ0) is 15.2. The van der Waals surface area contributed by atoms with Gasteiger partial charge < -0.3 is 15.4 Å². The summed E-state index contributed by atoms with van der Waals surface area (Å²) in [5.74, 6) is 0.727. The summed E-state index contributed by atoms with van der Waals surface area (Å²) in [5, 5.41) is 0. The summed E-state index contributed by atoms with van der Waals surface area (Å²) in [4.78, 5) is 18.5. The Morgan fingerprint density at radius 3 is 2.76 bits per heavy atom. The Hall–Kier alpha value is -1.62. The molecule has 1 aromatic heterocycles. The number of aromatic nitrogens is 1. The third kappa shape index (κ3) is 4.70. The monoisotopic (exact) mass is 291 g/mol. The van der Waals surface area contributed by atoms with Gasteiger partial charge in [0.15, 0.2) is 6.61 Å². The van der Waals surface area contributed by atoms with Gasteiger partial charge in [0.1, 0.15) is 5.75 Å². The second kappa shape index (κ2) is 7.41.